The molecule has 0 amide bonds. The summed E-state index contributed by atoms with van der Waals surface area (Å²) >= 11 is 0. The van der Waals surface area contributed by atoms with E-state index >= 15 is 0 Å². The third-order valence-electron chi connectivity index (χ3n) is 1.59. The van der Waals surface area contributed by atoms with E-state index in [4.69, 9.17) is 9.84 Å². The van der Waals surface area contributed by atoms with Gasteiger partial charge in [-0.3, -0.25) is 4.79 Å². The molecule has 0 spiro atoms. The van der Waals surface area contributed by atoms with Crippen molar-refractivity contribution < 1.29 is 14.6 Å². The maximum absolute atomic E-state index is 10.5. The molecule has 1 atom stereocenters. The molecule has 0 bridgehead atoms. The second-order valence-electron chi connectivity index (χ2n) is 2.65. The lowest BCUT2D eigenvalue weighted by Crippen LogP contribution is -2.25. The lowest BCUT2D eigenvalue weighted by molar-refractivity contribution is -0.137. The van der Waals surface area contributed by atoms with Crippen molar-refractivity contribution in [2.24, 2.45) is 0 Å². The Balaban J connectivity index is 2.71. The predicted molar refractivity (Wildman–Crippen MR) is 49.3 cm³/mol. The van der Waals surface area contributed by atoms with E-state index in [1.54, 1.807) is 0 Å². The maximum atomic E-state index is 10.5. The zero-order chi connectivity index (χ0) is 10.6. The summed E-state index contributed by atoms with van der Waals surface area (Å²) in [5.41, 5.74) is 0. The minimum absolute atomic E-state index is 0.389. The van der Waals surface area contributed by atoms with E-state index in [9.17, 15) is 4.79 Å². The summed E-state index contributed by atoms with van der Waals surface area (Å²) in [5, 5.41) is 11.3. The fourth-order valence-electron chi connectivity index (χ4n) is 0.814. The number of anilines is 1. The van der Waals surface area contributed by atoms with Crippen LogP contribution in [0.25, 0.3) is 0 Å². The van der Waals surface area contributed by atoms with Gasteiger partial charge in [0.05, 0.1) is 7.11 Å². The first kappa shape index (κ1) is 10.2. The average Bonchev–Trinajstić information content (AvgIpc) is 2.18. The monoisotopic (exact) mass is 197 g/mol. The first-order valence-corrected chi connectivity index (χ1v) is 3.99. The van der Waals surface area contributed by atoms with Crippen LogP contribution >= 0.6 is 0 Å². The van der Waals surface area contributed by atoms with E-state index < -0.39 is 12.0 Å². The van der Waals surface area contributed by atoms with Crippen LogP contribution in [0, 0.1) is 0 Å². The molecule has 0 radical (unpaired) electrons. The SMILES string of the molecule is COc1cc(NC(C)C(=O)O)ncn1. The minimum atomic E-state index is -0.942. The highest BCUT2D eigenvalue weighted by atomic mass is 16.5. The third-order valence-corrected chi connectivity index (χ3v) is 1.59. The molecule has 0 saturated heterocycles. The Hall–Kier alpha value is -1.85. The number of carbonyl (C=O) groups is 1. The summed E-state index contributed by atoms with van der Waals surface area (Å²) in [6.45, 7) is 1.52. The Bertz CT molecular complexity index is 329. The molecule has 0 aliphatic carbocycles. The number of ether oxygens (including phenoxy) is 1. The molecule has 0 fully saturated rings. The number of nitrogens with one attached hydrogen (secondary N) is 1. The van der Waals surface area contributed by atoms with Crippen LogP contribution in [-0.4, -0.2) is 34.2 Å². The highest BCUT2D eigenvalue weighted by molar-refractivity contribution is 5.76. The predicted octanol–water partition coefficient (Wildman–Crippen LogP) is 0.370. The van der Waals surface area contributed by atoms with Crippen LogP contribution in [0.4, 0.5) is 5.82 Å². The molecule has 0 saturated carbocycles. The van der Waals surface area contributed by atoms with Crippen LogP contribution in [0.5, 0.6) is 5.88 Å². The number of methoxy groups -OCH3 is 1. The molecule has 0 aliphatic rings. The van der Waals surface area contributed by atoms with Gasteiger partial charge in [-0.2, -0.15) is 0 Å². The molecule has 6 heteroatoms. The van der Waals surface area contributed by atoms with Gasteiger partial charge in [-0.1, -0.05) is 0 Å². The van der Waals surface area contributed by atoms with Crippen LogP contribution < -0.4 is 10.1 Å². The Kier molecular flexibility index (Phi) is 3.22. The Morgan fingerprint density at radius 2 is 2.36 bits per heavy atom. The fraction of sp³-hybridized carbons (Fsp3) is 0.375. The number of carboxylic acids is 1. The summed E-state index contributed by atoms with van der Waals surface area (Å²) in [7, 11) is 1.48. The normalized spacial score (nSPS) is 11.9. The molecule has 1 rings (SSSR count). The van der Waals surface area contributed by atoms with Crippen molar-refractivity contribution in [2.75, 3.05) is 12.4 Å². The number of hydrogen-bond donors (Lipinski definition) is 2. The number of carboxylic acid groups (broad SMARTS) is 1. The van der Waals surface area contributed by atoms with Crippen LogP contribution in [0.2, 0.25) is 0 Å². The molecule has 76 valence electrons. The van der Waals surface area contributed by atoms with E-state index in [-0.39, 0.29) is 0 Å². The van der Waals surface area contributed by atoms with Crippen LogP contribution in [0.15, 0.2) is 12.4 Å². The number of nitrogens with zero attached hydrogens (tertiary/aromatic N) is 2. The van der Waals surface area contributed by atoms with Gasteiger partial charge in [-0.25, -0.2) is 9.97 Å². The molecule has 1 heterocycles. The van der Waals surface area contributed by atoms with Gasteiger partial charge in [0.25, 0.3) is 0 Å². The smallest absolute Gasteiger partial charge is 0.325 e. The second-order valence-corrected chi connectivity index (χ2v) is 2.65. The van der Waals surface area contributed by atoms with Gasteiger partial charge < -0.3 is 15.2 Å². The zero-order valence-corrected chi connectivity index (χ0v) is 7.89. The maximum Gasteiger partial charge on any atom is 0.325 e. The highest BCUT2D eigenvalue weighted by Crippen LogP contribution is 2.10. The molecule has 1 unspecified atom stereocenters. The second kappa shape index (κ2) is 4.40. The van der Waals surface area contributed by atoms with Gasteiger partial charge in [-0.05, 0) is 6.92 Å². The largest absolute Gasteiger partial charge is 0.481 e. The van der Waals surface area contributed by atoms with E-state index in [1.165, 1.54) is 26.4 Å². The first-order valence-electron chi connectivity index (χ1n) is 3.99. The Labute approximate surface area is 80.9 Å². The lowest BCUT2D eigenvalue weighted by atomic mass is 10.3. The fourth-order valence-corrected chi connectivity index (χ4v) is 0.814. The number of aromatic nitrogens is 2. The summed E-state index contributed by atoms with van der Waals surface area (Å²) < 4.78 is 4.86. The Morgan fingerprint density at radius 3 is 2.93 bits per heavy atom. The summed E-state index contributed by atoms with van der Waals surface area (Å²) in [4.78, 5) is 18.2. The van der Waals surface area contributed by atoms with Gasteiger partial charge >= 0.3 is 5.97 Å². The topological polar surface area (TPSA) is 84.3 Å². The molecular formula is C8H11N3O3. The van der Waals surface area contributed by atoms with Gasteiger partial charge in [0.2, 0.25) is 5.88 Å². The van der Waals surface area contributed by atoms with Crippen LogP contribution in [0.3, 0.4) is 0 Å². The van der Waals surface area contributed by atoms with Crippen molar-refractivity contribution in [2.45, 2.75) is 13.0 Å². The quantitative estimate of drug-likeness (QED) is 0.725. The van der Waals surface area contributed by atoms with E-state index in [1.807, 2.05) is 0 Å². The molecule has 0 aliphatic heterocycles. The van der Waals surface area contributed by atoms with E-state index in [0.717, 1.165) is 0 Å². The lowest BCUT2D eigenvalue weighted by Gasteiger charge is -2.09. The number of aliphatic carboxylic acids is 1. The summed E-state index contributed by atoms with van der Waals surface area (Å²) in [6.07, 6.45) is 1.30. The molecule has 14 heavy (non-hydrogen) atoms. The average molecular weight is 197 g/mol. The van der Waals surface area contributed by atoms with E-state index in [0.29, 0.717) is 11.7 Å². The van der Waals surface area contributed by atoms with Crippen molar-refractivity contribution in [1.29, 1.82) is 0 Å². The number of hydrogen-bond acceptors (Lipinski definition) is 5. The van der Waals surface area contributed by atoms with Gasteiger partial charge in [0.1, 0.15) is 18.2 Å². The van der Waals surface area contributed by atoms with Gasteiger partial charge in [0.15, 0.2) is 0 Å². The third kappa shape index (κ3) is 2.58. The van der Waals surface area contributed by atoms with Crippen LogP contribution in [-0.2, 0) is 4.79 Å². The zero-order valence-electron chi connectivity index (χ0n) is 7.89. The summed E-state index contributed by atoms with van der Waals surface area (Å²) in [6, 6.07) is 0.828. The molecule has 6 nitrogen and oxygen atoms in total. The van der Waals surface area contributed by atoms with Gasteiger partial charge in [-0.15, -0.1) is 0 Å². The Morgan fingerprint density at radius 1 is 1.64 bits per heavy atom. The minimum Gasteiger partial charge on any atom is -0.481 e. The van der Waals surface area contributed by atoms with Crippen molar-refractivity contribution in [1.82, 2.24) is 9.97 Å². The van der Waals surface area contributed by atoms with Crippen molar-refractivity contribution in [3.63, 3.8) is 0 Å². The van der Waals surface area contributed by atoms with E-state index in [2.05, 4.69) is 15.3 Å². The molecule has 0 aromatic carbocycles. The molecular weight excluding hydrogens is 186 g/mol. The van der Waals surface area contributed by atoms with Crippen molar-refractivity contribution in [3.8, 4) is 5.88 Å². The molecule has 2 N–H and O–H groups in total. The van der Waals surface area contributed by atoms with Crippen molar-refractivity contribution in [3.05, 3.63) is 12.4 Å². The first-order chi connectivity index (χ1) is 6.63. The van der Waals surface area contributed by atoms with Crippen molar-refractivity contribution >= 4 is 11.8 Å². The number of rotatable bonds is 4. The van der Waals surface area contributed by atoms with Crippen LogP contribution in [0.1, 0.15) is 6.92 Å². The summed E-state index contributed by atoms with van der Waals surface area (Å²) in [5.74, 6) is -0.130. The molecule has 1 aromatic rings. The highest BCUT2D eigenvalue weighted by Gasteiger charge is 2.10. The standard InChI is InChI=1S/C8H11N3O3/c1-5(8(12)13)11-6-3-7(14-2)10-4-9-6/h3-5H,1-2H3,(H,12,13)(H,9,10,11). The van der Waals surface area contributed by atoms with Gasteiger partial charge in [0, 0.05) is 6.07 Å². The molecule has 1 aromatic heterocycles.